The van der Waals surface area contributed by atoms with Crippen LogP contribution < -0.4 is 14.8 Å². The minimum absolute atomic E-state index is 0.247. The first kappa shape index (κ1) is 27.0. The number of rotatable bonds is 7. The van der Waals surface area contributed by atoms with Gasteiger partial charge in [-0.2, -0.15) is 26.3 Å². The van der Waals surface area contributed by atoms with Crippen LogP contribution in [0.1, 0.15) is 31.8 Å². The van der Waals surface area contributed by atoms with E-state index in [2.05, 4.69) is 0 Å². The Balaban J connectivity index is 2.44. The first-order valence-electron chi connectivity index (χ1n) is 10.0. The molecule has 3 rings (SSSR count). The summed E-state index contributed by atoms with van der Waals surface area (Å²) in [6, 6.07) is 10.7. The van der Waals surface area contributed by atoms with Gasteiger partial charge in [0.25, 0.3) is 0 Å². The molecule has 0 radical (unpaired) electrons. The lowest BCUT2D eigenvalue weighted by atomic mass is 10.0. The summed E-state index contributed by atoms with van der Waals surface area (Å²) >= 11 is 0. The number of carbonyl (C=O) groups excluding carboxylic acids is 2. The third-order valence-electron chi connectivity index (χ3n) is 5.22. The van der Waals surface area contributed by atoms with Crippen LogP contribution in [-0.4, -0.2) is 25.3 Å². The first-order valence-corrected chi connectivity index (χ1v) is 11.7. The summed E-state index contributed by atoms with van der Waals surface area (Å²) in [5, 5.41) is -0.557. The molecule has 3 aromatic rings. The van der Waals surface area contributed by atoms with Gasteiger partial charge in [0, 0.05) is 5.30 Å². The number of halogens is 6. The van der Waals surface area contributed by atoms with Crippen molar-refractivity contribution in [3.63, 3.8) is 0 Å². The number of ether oxygens (including phenoxy) is 2. The van der Waals surface area contributed by atoms with Crippen molar-refractivity contribution in [2.45, 2.75) is 12.4 Å². The van der Waals surface area contributed by atoms with Gasteiger partial charge in [-0.15, -0.1) is 0 Å². The van der Waals surface area contributed by atoms with Crippen molar-refractivity contribution < 1.29 is 50.0 Å². The summed E-state index contributed by atoms with van der Waals surface area (Å²) in [7, 11) is -3.16. The quantitative estimate of drug-likeness (QED) is 0.261. The van der Waals surface area contributed by atoms with E-state index in [1.807, 2.05) is 0 Å². The lowest BCUT2D eigenvalue weighted by Crippen LogP contribution is -2.26. The third kappa shape index (κ3) is 4.75. The molecule has 0 bridgehead atoms. The lowest BCUT2D eigenvalue weighted by Gasteiger charge is -2.23. The molecule has 0 fully saturated rings. The summed E-state index contributed by atoms with van der Waals surface area (Å²) in [4.78, 5) is 27.4. The number of methoxy groups -OCH3 is 2. The fourth-order valence-electron chi connectivity index (χ4n) is 3.60. The second-order valence-corrected chi connectivity index (χ2v) is 9.86. The van der Waals surface area contributed by atoms with Crippen molar-refractivity contribution in [2.75, 3.05) is 14.2 Å². The number of alkyl halides is 6. The molecule has 190 valence electrons. The Morgan fingerprint density at radius 3 is 1.47 bits per heavy atom. The van der Waals surface area contributed by atoms with Crippen molar-refractivity contribution in [3.8, 4) is 11.5 Å². The fourth-order valence-corrected chi connectivity index (χ4v) is 5.93. The van der Waals surface area contributed by atoms with E-state index in [4.69, 9.17) is 9.47 Å². The predicted octanol–water partition coefficient (Wildman–Crippen LogP) is 6.41. The van der Waals surface area contributed by atoms with Crippen molar-refractivity contribution >= 4 is 23.5 Å². The van der Waals surface area contributed by atoms with Gasteiger partial charge in [0.15, 0.2) is 0 Å². The van der Waals surface area contributed by atoms with Gasteiger partial charge < -0.3 is 14.0 Å². The van der Waals surface area contributed by atoms with E-state index in [0.717, 1.165) is 26.4 Å². The molecule has 36 heavy (non-hydrogen) atoms. The predicted molar refractivity (Wildman–Crippen MR) is 118 cm³/mol. The van der Waals surface area contributed by atoms with Crippen molar-refractivity contribution in [1.82, 2.24) is 0 Å². The van der Waals surface area contributed by atoms with Gasteiger partial charge in [-0.1, -0.05) is 42.5 Å². The van der Waals surface area contributed by atoms with Crippen LogP contribution in [0.4, 0.5) is 26.3 Å². The molecular formula is C24H17F6O5P. The van der Waals surface area contributed by atoms with E-state index in [-0.39, 0.29) is 23.6 Å². The van der Waals surface area contributed by atoms with Crippen LogP contribution in [0, 0.1) is 0 Å². The van der Waals surface area contributed by atoms with E-state index < -0.39 is 58.1 Å². The smallest absolute Gasteiger partial charge is 0.417 e. The van der Waals surface area contributed by atoms with Gasteiger partial charge in [0.05, 0.1) is 30.9 Å². The van der Waals surface area contributed by atoms with E-state index in [0.29, 0.717) is 6.07 Å². The van der Waals surface area contributed by atoms with E-state index in [1.54, 1.807) is 0 Å². The van der Waals surface area contributed by atoms with Crippen LogP contribution in [0.5, 0.6) is 11.5 Å². The summed E-state index contributed by atoms with van der Waals surface area (Å²) in [6.45, 7) is 0. The Morgan fingerprint density at radius 1 is 0.639 bits per heavy atom. The molecule has 0 heterocycles. The first-order chi connectivity index (χ1) is 16.8. The topological polar surface area (TPSA) is 69.7 Å². The van der Waals surface area contributed by atoms with E-state index in [9.17, 15) is 40.5 Å². The molecule has 12 heteroatoms. The van der Waals surface area contributed by atoms with Crippen LogP contribution in [-0.2, 0) is 16.9 Å². The molecule has 0 saturated heterocycles. The van der Waals surface area contributed by atoms with Gasteiger partial charge in [0.1, 0.15) is 17.1 Å². The Kier molecular flexibility index (Phi) is 7.36. The molecule has 0 saturated carbocycles. The number of carbonyl (C=O) groups is 2. The van der Waals surface area contributed by atoms with E-state index >= 15 is 0 Å². The average molecular weight is 530 g/mol. The molecule has 0 N–H and O–H groups in total. The number of benzene rings is 3. The molecule has 1 atom stereocenters. The standard InChI is InChI=1S/C24H17F6O5P/c1-34-17-12-7-13-18(35-2)20(17)22(32)36(33,14-8-4-3-5-9-14)21(31)19-15(23(25,26)27)10-6-11-16(19)24(28,29)30/h3-13H,1-2H3. The van der Waals surface area contributed by atoms with E-state index in [1.165, 1.54) is 36.4 Å². The van der Waals surface area contributed by atoms with Crippen LogP contribution in [0.15, 0.2) is 66.7 Å². The molecule has 1 unspecified atom stereocenters. The summed E-state index contributed by atoms with van der Waals surface area (Å²) < 4.78 is 107. The number of hydrogen-bond acceptors (Lipinski definition) is 5. The maximum absolute atomic E-state index is 14.4. The van der Waals surface area contributed by atoms with Crippen LogP contribution in [0.2, 0.25) is 0 Å². The highest BCUT2D eigenvalue weighted by molar-refractivity contribution is 8.01. The average Bonchev–Trinajstić information content (AvgIpc) is 2.85. The van der Waals surface area contributed by atoms with Crippen molar-refractivity contribution in [2.24, 2.45) is 0 Å². The minimum atomic E-state index is -5.43. The molecule has 0 aliphatic heterocycles. The molecule has 0 aliphatic rings. The zero-order chi connectivity index (χ0) is 26.9. The SMILES string of the molecule is COc1cccc(OC)c1C(=O)P(=O)(C(=O)c1c(C(F)(F)F)cccc1C(F)(F)F)c1ccccc1. The molecule has 5 nitrogen and oxygen atoms in total. The Hall–Kier alpha value is -3.59. The fraction of sp³-hybridized carbons (Fsp3) is 0.167. The second-order valence-electron chi connectivity index (χ2n) is 7.32. The zero-order valence-electron chi connectivity index (χ0n) is 18.6. The van der Waals surface area contributed by atoms with Gasteiger partial charge in [-0.25, -0.2) is 0 Å². The van der Waals surface area contributed by atoms with Crippen LogP contribution in [0.25, 0.3) is 0 Å². The largest absolute Gasteiger partial charge is 0.496 e. The number of hydrogen-bond donors (Lipinski definition) is 0. The molecular weight excluding hydrogens is 513 g/mol. The highest BCUT2D eigenvalue weighted by Crippen LogP contribution is 2.56. The van der Waals surface area contributed by atoms with Crippen LogP contribution in [0.3, 0.4) is 0 Å². The molecule has 0 amide bonds. The third-order valence-corrected chi connectivity index (χ3v) is 7.84. The second kappa shape index (κ2) is 9.81. The van der Waals surface area contributed by atoms with Crippen molar-refractivity contribution in [1.29, 1.82) is 0 Å². The lowest BCUT2D eigenvalue weighted by molar-refractivity contribution is -0.143. The van der Waals surface area contributed by atoms with Crippen molar-refractivity contribution in [3.05, 3.63) is 89.0 Å². The molecule has 0 spiro atoms. The normalized spacial score (nSPS) is 13.6. The highest BCUT2D eigenvalue weighted by atomic mass is 31.2. The summed E-state index contributed by atoms with van der Waals surface area (Å²) in [5.41, 5.74) is -10.1. The maximum Gasteiger partial charge on any atom is 0.417 e. The monoisotopic (exact) mass is 530 g/mol. The molecule has 0 aliphatic carbocycles. The van der Waals surface area contributed by atoms with Gasteiger partial charge in [0.2, 0.25) is 18.2 Å². The minimum Gasteiger partial charge on any atom is -0.496 e. The molecule has 0 aromatic heterocycles. The Morgan fingerprint density at radius 2 is 1.06 bits per heavy atom. The molecule has 3 aromatic carbocycles. The summed E-state index contributed by atoms with van der Waals surface area (Å²) in [5.74, 6) is -0.494. The van der Waals surface area contributed by atoms with Gasteiger partial charge in [-0.3, -0.25) is 9.59 Å². The van der Waals surface area contributed by atoms with Gasteiger partial charge in [-0.05, 0) is 24.3 Å². The Bertz CT molecular complexity index is 1290. The summed E-state index contributed by atoms with van der Waals surface area (Å²) in [6.07, 6.45) is -10.9. The highest BCUT2D eigenvalue weighted by Gasteiger charge is 2.51. The zero-order valence-corrected chi connectivity index (χ0v) is 19.5. The van der Waals surface area contributed by atoms with Crippen LogP contribution >= 0.6 is 7.14 Å². The Labute approximate surface area is 201 Å². The van der Waals surface area contributed by atoms with Gasteiger partial charge >= 0.3 is 12.4 Å². The maximum atomic E-state index is 14.4.